The zero-order chi connectivity index (χ0) is 15.9. The minimum atomic E-state index is 0.0399. The van der Waals surface area contributed by atoms with Gasteiger partial charge in [0.15, 0.2) is 0 Å². The van der Waals surface area contributed by atoms with Crippen LogP contribution in [-0.2, 0) is 0 Å². The Labute approximate surface area is 135 Å². The van der Waals surface area contributed by atoms with Crippen molar-refractivity contribution in [2.45, 2.75) is 64.2 Å². The lowest BCUT2D eigenvalue weighted by Gasteiger charge is -2.05. The van der Waals surface area contributed by atoms with Crippen LogP contribution in [-0.4, -0.2) is 19.0 Å². The maximum atomic E-state index is 11.8. The number of nitrogens with two attached hydrogens (primary N) is 1. The van der Waals surface area contributed by atoms with Crippen LogP contribution in [0.1, 0.15) is 74.6 Å². The molecule has 22 heavy (non-hydrogen) atoms. The monoisotopic (exact) mass is 304 g/mol. The first-order valence-corrected chi connectivity index (χ1v) is 8.88. The van der Waals surface area contributed by atoms with E-state index in [1.54, 1.807) is 0 Å². The molecule has 3 nitrogen and oxygen atoms in total. The molecule has 1 rings (SSSR count). The number of nitrogens with one attached hydrogen (secondary N) is 1. The van der Waals surface area contributed by atoms with E-state index in [4.69, 9.17) is 5.73 Å². The summed E-state index contributed by atoms with van der Waals surface area (Å²) in [5, 5.41) is 2.98. The van der Waals surface area contributed by atoms with Crippen molar-refractivity contribution in [3.63, 3.8) is 0 Å². The zero-order valence-corrected chi connectivity index (χ0v) is 13.9. The number of hydrogen-bond acceptors (Lipinski definition) is 2. The summed E-state index contributed by atoms with van der Waals surface area (Å²) >= 11 is 0. The van der Waals surface area contributed by atoms with E-state index in [1.165, 1.54) is 57.8 Å². The second-order valence-electron chi connectivity index (χ2n) is 5.95. The first-order valence-electron chi connectivity index (χ1n) is 8.88. The van der Waals surface area contributed by atoms with Crippen LogP contribution in [0, 0.1) is 0 Å². The van der Waals surface area contributed by atoms with E-state index >= 15 is 0 Å². The Hall–Kier alpha value is -1.35. The topological polar surface area (TPSA) is 55.1 Å². The van der Waals surface area contributed by atoms with Crippen LogP contribution < -0.4 is 11.1 Å². The van der Waals surface area contributed by atoms with Crippen LogP contribution in [0.3, 0.4) is 0 Å². The molecular weight excluding hydrogens is 272 g/mol. The lowest BCUT2D eigenvalue weighted by Crippen LogP contribution is -2.24. The first kappa shape index (κ1) is 18.7. The predicted molar refractivity (Wildman–Crippen MR) is 94.0 cm³/mol. The van der Waals surface area contributed by atoms with Crippen molar-refractivity contribution < 1.29 is 4.79 Å². The molecule has 0 bridgehead atoms. The molecule has 0 aliphatic rings. The van der Waals surface area contributed by atoms with Gasteiger partial charge < -0.3 is 11.1 Å². The Bertz CT molecular complexity index is 378. The highest BCUT2D eigenvalue weighted by Gasteiger charge is 2.02. The second kappa shape index (κ2) is 13.3. The molecule has 0 unspecified atom stereocenters. The van der Waals surface area contributed by atoms with Gasteiger partial charge in [0.1, 0.15) is 0 Å². The molecule has 0 radical (unpaired) electrons. The van der Waals surface area contributed by atoms with Gasteiger partial charge in [-0.15, -0.1) is 0 Å². The Morgan fingerprint density at radius 3 is 1.82 bits per heavy atom. The molecule has 3 heteroatoms. The molecule has 0 heterocycles. The highest BCUT2D eigenvalue weighted by Crippen LogP contribution is 2.10. The SMILES string of the molecule is NCCCCCCCCCCCCNC(=O)c1ccccc1. The molecular formula is C19H32N2O. The number of benzene rings is 1. The molecule has 1 amide bonds. The van der Waals surface area contributed by atoms with Crippen LogP contribution in [0.15, 0.2) is 30.3 Å². The molecule has 124 valence electrons. The maximum Gasteiger partial charge on any atom is 0.251 e. The Morgan fingerprint density at radius 1 is 0.773 bits per heavy atom. The molecule has 0 spiro atoms. The van der Waals surface area contributed by atoms with Gasteiger partial charge >= 0.3 is 0 Å². The van der Waals surface area contributed by atoms with Crippen LogP contribution in [0.5, 0.6) is 0 Å². The van der Waals surface area contributed by atoms with E-state index in [0.717, 1.165) is 25.1 Å². The van der Waals surface area contributed by atoms with E-state index in [1.807, 2.05) is 30.3 Å². The fourth-order valence-corrected chi connectivity index (χ4v) is 2.58. The van der Waals surface area contributed by atoms with Gasteiger partial charge in [0.25, 0.3) is 5.91 Å². The summed E-state index contributed by atoms with van der Waals surface area (Å²) < 4.78 is 0. The van der Waals surface area contributed by atoms with Crippen LogP contribution in [0.4, 0.5) is 0 Å². The van der Waals surface area contributed by atoms with Gasteiger partial charge in [0, 0.05) is 12.1 Å². The van der Waals surface area contributed by atoms with Crippen molar-refractivity contribution in [3.05, 3.63) is 35.9 Å². The van der Waals surface area contributed by atoms with Crippen LogP contribution in [0.2, 0.25) is 0 Å². The van der Waals surface area contributed by atoms with Gasteiger partial charge in [-0.05, 0) is 31.5 Å². The third-order valence-corrected chi connectivity index (χ3v) is 3.95. The van der Waals surface area contributed by atoms with Crippen molar-refractivity contribution in [3.8, 4) is 0 Å². The summed E-state index contributed by atoms with van der Waals surface area (Å²) in [5.41, 5.74) is 6.22. The van der Waals surface area contributed by atoms with Crippen molar-refractivity contribution in [2.75, 3.05) is 13.1 Å². The molecule has 0 atom stereocenters. The molecule has 0 saturated carbocycles. The summed E-state index contributed by atoms with van der Waals surface area (Å²) in [7, 11) is 0. The second-order valence-corrected chi connectivity index (χ2v) is 5.95. The summed E-state index contributed by atoms with van der Waals surface area (Å²) in [5.74, 6) is 0.0399. The van der Waals surface area contributed by atoms with Crippen molar-refractivity contribution in [1.29, 1.82) is 0 Å². The van der Waals surface area contributed by atoms with E-state index in [2.05, 4.69) is 5.32 Å². The van der Waals surface area contributed by atoms with Gasteiger partial charge in [0.2, 0.25) is 0 Å². The number of rotatable bonds is 13. The minimum Gasteiger partial charge on any atom is -0.352 e. The van der Waals surface area contributed by atoms with Gasteiger partial charge in [-0.25, -0.2) is 0 Å². The summed E-state index contributed by atoms with van der Waals surface area (Å²) in [4.78, 5) is 11.8. The van der Waals surface area contributed by atoms with Crippen molar-refractivity contribution >= 4 is 5.91 Å². The molecule has 0 aromatic heterocycles. The normalized spacial score (nSPS) is 10.6. The number of hydrogen-bond donors (Lipinski definition) is 2. The average Bonchev–Trinajstić information content (AvgIpc) is 2.56. The number of unbranched alkanes of at least 4 members (excludes halogenated alkanes) is 9. The largest absolute Gasteiger partial charge is 0.352 e. The van der Waals surface area contributed by atoms with E-state index in [9.17, 15) is 4.79 Å². The Morgan fingerprint density at radius 2 is 1.27 bits per heavy atom. The molecule has 0 saturated heterocycles. The lowest BCUT2D eigenvalue weighted by molar-refractivity contribution is 0.0953. The van der Waals surface area contributed by atoms with E-state index < -0.39 is 0 Å². The third-order valence-electron chi connectivity index (χ3n) is 3.95. The van der Waals surface area contributed by atoms with Gasteiger partial charge in [-0.2, -0.15) is 0 Å². The first-order chi connectivity index (χ1) is 10.8. The Kier molecular flexibility index (Phi) is 11.3. The lowest BCUT2D eigenvalue weighted by atomic mass is 10.1. The van der Waals surface area contributed by atoms with Gasteiger partial charge in [-0.1, -0.05) is 69.6 Å². The van der Waals surface area contributed by atoms with E-state index in [-0.39, 0.29) is 5.91 Å². The maximum absolute atomic E-state index is 11.8. The summed E-state index contributed by atoms with van der Waals surface area (Å²) in [6.07, 6.45) is 12.8. The quantitative estimate of drug-likeness (QED) is 0.534. The summed E-state index contributed by atoms with van der Waals surface area (Å²) in [6.45, 7) is 1.62. The van der Waals surface area contributed by atoms with Crippen molar-refractivity contribution in [1.82, 2.24) is 5.32 Å². The van der Waals surface area contributed by atoms with E-state index in [0.29, 0.717) is 0 Å². The standard InChI is InChI=1S/C19H32N2O/c20-16-12-7-5-3-1-2-4-6-8-13-17-21-19(22)18-14-10-9-11-15-18/h9-11,14-15H,1-8,12-13,16-17,20H2,(H,21,22). The summed E-state index contributed by atoms with van der Waals surface area (Å²) in [6, 6.07) is 9.41. The molecule has 3 N–H and O–H groups in total. The number of carbonyl (C=O) groups excluding carboxylic acids is 1. The highest BCUT2D eigenvalue weighted by molar-refractivity contribution is 5.94. The third kappa shape index (κ3) is 9.56. The predicted octanol–water partition coefficient (Wildman–Crippen LogP) is 4.28. The molecule has 0 fully saturated rings. The Balaban J connectivity index is 1.85. The van der Waals surface area contributed by atoms with Crippen molar-refractivity contribution in [2.24, 2.45) is 5.73 Å². The molecule has 1 aromatic carbocycles. The van der Waals surface area contributed by atoms with Crippen LogP contribution in [0.25, 0.3) is 0 Å². The molecule has 0 aliphatic heterocycles. The molecule has 0 aliphatic carbocycles. The smallest absolute Gasteiger partial charge is 0.251 e. The average molecular weight is 304 g/mol. The number of amides is 1. The van der Waals surface area contributed by atoms with Gasteiger partial charge in [-0.3, -0.25) is 4.79 Å². The van der Waals surface area contributed by atoms with Gasteiger partial charge in [0.05, 0.1) is 0 Å². The zero-order valence-electron chi connectivity index (χ0n) is 13.9. The highest BCUT2D eigenvalue weighted by atomic mass is 16.1. The number of carbonyl (C=O) groups is 1. The van der Waals surface area contributed by atoms with Crippen LogP contribution >= 0.6 is 0 Å². The fraction of sp³-hybridized carbons (Fsp3) is 0.632. The molecule has 1 aromatic rings. The fourth-order valence-electron chi connectivity index (χ4n) is 2.58. The minimum absolute atomic E-state index is 0.0399.